The van der Waals surface area contributed by atoms with Crippen LogP contribution in [0.1, 0.15) is 6.92 Å². The molecule has 3 aromatic rings. The second kappa shape index (κ2) is 8.05. The summed E-state index contributed by atoms with van der Waals surface area (Å²) in [6.45, 7) is 2.51. The molecule has 0 spiro atoms. The fourth-order valence-corrected chi connectivity index (χ4v) is 3.23. The second-order valence-electron chi connectivity index (χ2n) is 5.57. The minimum absolute atomic E-state index is 0.120. The highest BCUT2D eigenvalue weighted by Gasteiger charge is 2.11. The third kappa shape index (κ3) is 4.05. The maximum Gasteiger partial charge on any atom is 0.261 e. The zero-order valence-corrected chi connectivity index (χ0v) is 15.4. The third-order valence-corrected chi connectivity index (χ3v) is 4.75. The quantitative estimate of drug-likeness (QED) is 0.534. The largest absolute Gasteiger partial charge is 0.494 e. The molecule has 1 aromatic heterocycles. The van der Waals surface area contributed by atoms with Crippen molar-refractivity contribution in [3.05, 3.63) is 58.9 Å². The van der Waals surface area contributed by atoms with E-state index in [1.807, 2.05) is 19.1 Å². The highest BCUT2D eigenvalue weighted by atomic mass is 32.2. The molecular weight excluding hydrogens is 350 g/mol. The minimum atomic E-state index is -0.165. The first-order valence-corrected chi connectivity index (χ1v) is 9.18. The summed E-state index contributed by atoms with van der Waals surface area (Å²) in [4.78, 5) is 29.0. The fraction of sp³-hybridized carbons (Fsp3) is 0.211. The smallest absolute Gasteiger partial charge is 0.261 e. The number of hydrogen-bond acceptors (Lipinski definition) is 5. The van der Waals surface area contributed by atoms with Crippen molar-refractivity contribution in [3.8, 4) is 5.75 Å². The van der Waals surface area contributed by atoms with Crippen molar-refractivity contribution in [3.63, 3.8) is 0 Å². The number of fused-ring (bicyclic) bond motifs is 1. The van der Waals surface area contributed by atoms with Crippen LogP contribution in [0.25, 0.3) is 10.9 Å². The molecule has 0 radical (unpaired) electrons. The summed E-state index contributed by atoms with van der Waals surface area (Å²) in [6, 6.07) is 14.4. The summed E-state index contributed by atoms with van der Waals surface area (Å²) in [5.74, 6) is 0.753. The molecule has 134 valence electrons. The maximum absolute atomic E-state index is 12.4. The van der Waals surface area contributed by atoms with Crippen molar-refractivity contribution < 1.29 is 9.53 Å². The number of ether oxygens (including phenoxy) is 1. The van der Waals surface area contributed by atoms with Gasteiger partial charge in [0.05, 0.1) is 23.3 Å². The van der Waals surface area contributed by atoms with Gasteiger partial charge in [-0.25, -0.2) is 4.98 Å². The van der Waals surface area contributed by atoms with E-state index < -0.39 is 0 Å². The Hall–Kier alpha value is -2.80. The Kier molecular flexibility index (Phi) is 5.58. The van der Waals surface area contributed by atoms with E-state index in [4.69, 9.17) is 4.74 Å². The molecule has 0 aliphatic heterocycles. The van der Waals surface area contributed by atoms with Gasteiger partial charge in [-0.15, -0.1) is 0 Å². The average molecular weight is 369 g/mol. The lowest BCUT2D eigenvalue weighted by molar-refractivity contribution is -0.113. The van der Waals surface area contributed by atoms with Crippen LogP contribution < -0.4 is 15.6 Å². The van der Waals surface area contributed by atoms with Crippen LogP contribution >= 0.6 is 11.8 Å². The maximum atomic E-state index is 12.4. The Labute approximate surface area is 155 Å². The monoisotopic (exact) mass is 369 g/mol. The molecule has 0 saturated carbocycles. The van der Waals surface area contributed by atoms with E-state index in [2.05, 4.69) is 10.3 Å². The number of carbonyl (C=O) groups is 1. The highest BCUT2D eigenvalue weighted by molar-refractivity contribution is 7.99. The zero-order chi connectivity index (χ0) is 18.5. The Morgan fingerprint density at radius 1 is 1.19 bits per heavy atom. The van der Waals surface area contributed by atoms with Gasteiger partial charge in [-0.2, -0.15) is 0 Å². The number of aromatic nitrogens is 2. The Balaban J connectivity index is 1.67. The van der Waals surface area contributed by atoms with E-state index in [-0.39, 0.29) is 17.2 Å². The van der Waals surface area contributed by atoms with E-state index in [0.29, 0.717) is 28.4 Å². The van der Waals surface area contributed by atoms with Crippen LogP contribution in [0.15, 0.2) is 58.5 Å². The number of amides is 1. The summed E-state index contributed by atoms with van der Waals surface area (Å²) < 4.78 is 6.84. The molecule has 1 amide bonds. The molecule has 1 N–H and O–H groups in total. The second-order valence-corrected chi connectivity index (χ2v) is 6.51. The van der Waals surface area contributed by atoms with Crippen LogP contribution in [0.4, 0.5) is 5.69 Å². The number of anilines is 1. The topological polar surface area (TPSA) is 73.2 Å². The number of carbonyl (C=O) groups excluding carboxylic acids is 1. The molecule has 26 heavy (non-hydrogen) atoms. The van der Waals surface area contributed by atoms with Gasteiger partial charge in [-0.1, -0.05) is 23.9 Å². The van der Waals surface area contributed by atoms with Gasteiger partial charge in [0.25, 0.3) is 5.56 Å². The fourth-order valence-electron chi connectivity index (χ4n) is 2.45. The van der Waals surface area contributed by atoms with Crippen LogP contribution in [-0.4, -0.2) is 27.8 Å². The first-order valence-electron chi connectivity index (χ1n) is 8.19. The predicted octanol–water partition coefficient (Wildman–Crippen LogP) is 3.06. The van der Waals surface area contributed by atoms with Crippen molar-refractivity contribution in [1.82, 2.24) is 9.55 Å². The average Bonchev–Trinajstić information content (AvgIpc) is 2.65. The summed E-state index contributed by atoms with van der Waals surface area (Å²) >= 11 is 1.23. The van der Waals surface area contributed by atoms with Gasteiger partial charge < -0.3 is 10.1 Å². The van der Waals surface area contributed by atoms with Gasteiger partial charge in [0.2, 0.25) is 5.91 Å². The van der Waals surface area contributed by atoms with Crippen molar-refractivity contribution in [2.24, 2.45) is 7.05 Å². The number of benzene rings is 2. The molecule has 0 aliphatic carbocycles. The van der Waals surface area contributed by atoms with Crippen LogP contribution in [0.3, 0.4) is 0 Å². The molecule has 0 bridgehead atoms. The van der Waals surface area contributed by atoms with Gasteiger partial charge in [0.15, 0.2) is 5.16 Å². The van der Waals surface area contributed by atoms with Crippen molar-refractivity contribution >= 4 is 34.3 Å². The van der Waals surface area contributed by atoms with Gasteiger partial charge in [0, 0.05) is 12.7 Å². The van der Waals surface area contributed by atoms with Crippen molar-refractivity contribution in [2.45, 2.75) is 12.1 Å². The van der Waals surface area contributed by atoms with E-state index in [9.17, 15) is 9.59 Å². The molecular formula is C19H19N3O3S. The highest BCUT2D eigenvalue weighted by Crippen LogP contribution is 2.19. The molecule has 0 aliphatic rings. The lowest BCUT2D eigenvalue weighted by atomic mass is 10.2. The summed E-state index contributed by atoms with van der Waals surface area (Å²) in [5, 5.41) is 3.90. The molecule has 1 heterocycles. The summed E-state index contributed by atoms with van der Waals surface area (Å²) in [5.41, 5.74) is 1.20. The van der Waals surface area contributed by atoms with Crippen LogP contribution in [0.5, 0.6) is 5.75 Å². The molecule has 6 nitrogen and oxygen atoms in total. The molecule has 2 aromatic carbocycles. The zero-order valence-electron chi connectivity index (χ0n) is 14.6. The summed E-state index contributed by atoms with van der Waals surface area (Å²) in [7, 11) is 1.66. The SMILES string of the molecule is CCOc1ccc(NC(=O)CSc2nc3ccccc3c(=O)n2C)cc1. The summed E-state index contributed by atoms with van der Waals surface area (Å²) in [6.07, 6.45) is 0. The first-order chi connectivity index (χ1) is 12.6. The lowest BCUT2D eigenvalue weighted by Gasteiger charge is -2.09. The van der Waals surface area contributed by atoms with Crippen LogP contribution in [-0.2, 0) is 11.8 Å². The van der Waals surface area contributed by atoms with E-state index in [1.165, 1.54) is 16.3 Å². The molecule has 3 rings (SSSR count). The Morgan fingerprint density at radius 3 is 2.65 bits per heavy atom. The lowest BCUT2D eigenvalue weighted by Crippen LogP contribution is -2.21. The van der Waals surface area contributed by atoms with Crippen molar-refractivity contribution in [1.29, 1.82) is 0 Å². The van der Waals surface area contributed by atoms with Gasteiger partial charge >= 0.3 is 0 Å². The molecule has 0 atom stereocenters. The van der Waals surface area contributed by atoms with Gasteiger partial charge in [0.1, 0.15) is 5.75 Å². The van der Waals surface area contributed by atoms with E-state index >= 15 is 0 Å². The van der Waals surface area contributed by atoms with Crippen molar-refractivity contribution in [2.75, 3.05) is 17.7 Å². The standard InChI is InChI=1S/C19H19N3O3S/c1-3-25-14-10-8-13(9-11-14)20-17(23)12-26-19-21-16-7-5-4-6-15(16)18(24)22(19)2/h4-11H,3,12H2,1-2H3,(H,20,23). The number of nitrogens with zero attached hydrogens (tertiary/aromatic N) is 2. The van der Waals surface area contributed by atoms with E-state index in [0.717, 1.165) is 5.75 Å². The Bertz CT molecular complexity index is 983. The van der Waals surface area contributed by atoms with E-state index in [1.54, 1.807) is 43.4 Å². The first kappa shape index (κ1) is 18.0. The number of rotatable bonds is 6. The van der Waals surface area contributed by atoms with Gasteiger partial charge in [-0.3, -0.25) is 14.2 Å². The van der Waals surface area contributed by atoms with Gasteiger partial charge in [-0.05, 0) is 43.3 Å². The van der Waals surface area contributed by atoms with Crippen LogP contribution in [0, 0.1) is 0 Å². The molecule has 7 heteroatoms. The molecule has 0 saturated heterocycles. The number of para-hydroxylation sites is 1. The number of nitrogens with one attached hydrogen (secondary N) is 1. The predicted molar refractivity (Wildman–Crippen MR) is 104 cm³/mol. The molecule has 0 unspecified atom stereocenters. The van der Waals surface area contributed by atoms with Crippen LogP contribution in [0.2, 0.25) is 0 Å². The molecule has 0 fully saturated rings. The third-order valence-electron chi connectivity index (χ3n) is 3.72. The number of hydrogen-bond donors (Lipinski definition) is 1. The Morgan fingerprint density at radius 2 is 1.92 bits per heavy atom. The number of thioether (sulfide) groups is 1. The normalized spacial score (nSPS) is 10.7. The minimum Gasteiger partial charge on any atom is -0.494 e.